The number of morpholine rings is 1. The zero-order chi connectivity index (χ0) is 19.8. The van der Waals surface area contributed by atoms with Crippen LogP contribution >= 0.6 is 0 Å². The van der Waals surface area contributed by atoms with Crippen LogP contribution in [-0.2, 0) is 14.3 Å². The Labute approximate surface area is 162 Å². The molecule has 4 N–H and O–H groups in total. The largest absolute Gasteiger partial charge is 0.481 e. The molecule has 0 spiro atoms. The highest BCUT2D eigenvalue weighted by molar-refractivity contribution is 6.02. The average Bonchev–Trinajstić information content (AvgIpc) is 3.30. The Morgan fingerprint density at radius 1 is 1.11 bits per heavy atom. The lowest BCUT2D eigenvalue weighted by Crippen LogP contribution is -2.38. The topological polar surface area (TPSA) is 122 Å². The molecule has 1 saturated carbocycles. The highest BCUT2D eigenvalue weighted by atomic mass is 16.5. The molecule has 0 radical (unpaired) electrons. The van der Waals surface area contributed by atoms with Gasteiger partial charge in [-0.2, -0.15) is 0 Å². The Balaban J connectivity index is 1.55. The zero-order valence-electron chi connectivity index (χ0n) is 15.3. The first-order valence-corrected chi connectivity index (χ1v) is 9.44. The van der Waals surface area contributed by atoms with Gasteiger partial charge in [0.1, 0.15) is 0 Å². The van der Waals surface area contributed by atoms with Crippen molar-refractivity contribution in [2.45, 2.75) is 6.42 Å². The predicted octanol–water partition coefficient (Wildman–Crippen LogP) is 1.08. The summed E-state index contributed by atoms with van der Waals surface area (Å²) >= 11 is 0. The molecular formula is C20H23N3O5. The van der Waals surface area contributed by atoms with E-state index in [4.69, 9.17) is 10.5 Å². The summed E-state index contributed by atoms with van der Waals surface area (Å²) in [5, 5.41) is 12.3. The molecule has 2 fully saturated rings. The Kier molecular flexibility index (Phi) is 4.80. The molecule has 4 atom stereocenters. The number of anilines is 2. The van der Waals surface area contributed by atoms with E-state index in [0.29, 0.717) is 49.7 Å². The first-order chi connectivity index (χ1) is 13.5. The normalized spacial score (nSPS) is 28.4. The highest BCUT2D eigenvalue weighted by Crippen LogP contribution is 2.48. The number of carboxylic acid groups (broad SMARTS) is 1. The summed E-state index contributed by atoms with van der Waals surface area (Å²) < 4.78 is 5.34. The lowest BCUT2D eigenvalue weighted by molar-refractivity contribution is -0.146. The standard InChI is InChI=1S/C20H23N3O5/c21-18(24)14-10-13(3-4-15(14)23-5-7-28-8-6-23)22-19(25)16-11-1-2-12(9-11)17(16)20(26)27/h1-4,10-12,16-17H,5-9H2,(H2,21,24)(H,22,25)(H,26,27). The van der Waals surface area contributed by atoms with E-state index in [9.17, 15) is 19.5 Å². The van der Waals surface area contributed by atoms with Gasteiger partial charge in [0.2, 0.25) is 5.91 Å². The van der Waals surface area contributed by atoms with Crippen molar-refractivity contribution in [2.75, 3.05) is 36.5 Å². The number of aliphatic carboxylic acids is 1. The lowest BCUT2D eigenvalue weighted by Gasteiger charge is -2.30. The fourth-order valence-electron chi connectivity index (χ4n) is 4.63. The van der Waals surface area contributed by atoms with Crippen LogP contribution in [-0.4, -0.2) is 49.2 Å². The second kappa shape index (κ2) is 7.27. The minimum absolute atomic E-state index is 0.0608. The summed E-state index contributed by atoms with van der Waals surface area (Å²) in [5.41, 5.74) is 7.02. The van der Waals surface area contributed by atoms with Crippen molar-refractivity contribution < 1.29 is 24.2 Å². The third kappa shape index (κ3) is 3.24. The van der Waals surface area contributed by atoms with Crippen LogP contribution in [0.4, 0.5) is 11.4 Å². The second-order valence-corrected chi connectivity index (χ2v) is 7.52. The molecule has 0 aromatic heterocycles. The third-order valence-electron chi connectivity index (χ3n) is 5.93. The van der Waals surface area contributed by atoms with Crippen LogP contribution < -0.4 is 16.0 Å². The van der Waals surface area contributed by atoms with E-state index in [-0.39, 0.29) is 17.7 Å². The molecule has 8 nitrogen and oxygen atoms in total. The van der Waals surface area contributed by atoms with E-state index in [0.717, 1.165) is 0 Å². The molecule has 4 unspecified atom stereocenters. The number of carboxylic acids is 1. The number of carbonyl (C=O) groups excluding carboxylic acids is 2. The van der Waals surface area contributed by atoms with Crippen LogP contribution in [0.3, 0.4) is 0 Å². The molecule has 2 aliphatic carbocycles. The first kappa shape index (κ1) is 18.5. The third-order valence-corrected chi connectivity index (χ3v) is 5.93. The van der Waals surface area contributed by atoms with Crippen molar-refractivity contribution in [2.24, 2.45) is 29.4 Å². The fourth-order valence-corrected chi connectivity index (χ4v) is 4.63. The highest BCUT2D eigenvalue weighted by Gasteiger charge is 2.51. The smallest absolute Gasteiger partial charge is 0.307 e. The number of nitrogens with one attached hydrogen (secondary N) is 1. The van der Waals surface area contributed by atoms with Crippen LogP contribution in [0.5, 0.6) is 0 Å². The van der Waals surface area contributed by atoms with Gasteiger partial charge in [-0.3, -0.25) is 14.4 Å². The molecule has 2 bridgehead atoms. The van der Waals surface area contributed by atoms with E-state index >= 15 is 0 Å². The van der Waals surface area contributed by atoms with Gasteiger partial charge in [0.25, 0.3) is 5.91 Å². The van der Waals surface area contributed by atoms with Gasteiger partial charge in [-0.1, -0.05) is 12.2 Å². The van der Waals surface area contributed by atoms with Gasteiger partial charge in [-0.05, 0) is 36.5 Å². The summed E-state index contributed by atoms with van der Waals surface area (Å²) in [6.45, 7) is 2.46. The van der Waals surface area contributed by atoms with Crippen molar-refractivity contribution >= 4 is 29.2 Å². The number of hydrogen-bond acceptors (Lipinski definition) is 5. The number of nitrogens with two attached hydrogens (primary N) is 1. The number of rotatable bonds is 5. The quantitative estimate of drug-likeness (QED) is 0.652. The van der Waals surface area contributed by atoms with Gasteiger partial charge in [0, 0.05) is 24.5 Å². The van der Waals surface area contributed by atoms with E-state index in [1.807, 2.05) is 17.1 Å². The maximum Gasteiger partial charge on any atom is 0.307 e. The maximum absolute atomic E-state index is 12.8. The molecule has 2 amide bonds. The number of carbonyl (C=O) groups is 3. The minimum atomic E-state index is -0.947. The van der Waals surface area contributed by atoms with E-state index < -0.39 is 23.7 Å². The van der Waals surface area contributed by atoms with Crippen molar-refractivity contribution in [3.05, 3.63) is 35.9 Å². The van der Waals surface area contributed by atoms with E-state index in [2.05, 4.69) is 5.32 Å². The zero-order valence-corrected chi connectivity index (χ0v) is 15.3. The minimum Gasteiger partial charge on any atom is -0.481 e. The Hall–Kier alpha value is -2.87. The summed E-state index contributed by atoms with van der Waals surface area (Å²) in [6, 6.07) is 5.04. The second-order valence-electron chi connectivity index (χ2n) is 7.52. The molecule has 1 saturated heterocycles. The Morgan fingerprint density at radius 3 is 2.43 bits per heavy atom. The van der Waals surface area contributed by atoms with E-state index in [1.54, 1.807) is 18.2 Å². The van der Waals surface area contributed by atoms with Crippen LogP contribution in [0, 0.1) is 23.7 Å². The number of benzene rings is 1. The summed E-state index contributed by atoms with van der Waals surface area (Å²) in [7, 11) is 0. The number of hydrogen-bond donors (Lipinski definition) is 3. The maximum atomic E-state index is 12.8. The first-order valence-electron chi connectivity index (χ1n) is 9.44. The lowest BCUT2D eigenvalue weighted by atomic mass is 9.82. The summed E-state index contributed by atoms with van der Waals surface area (Å²) in [5.74, 6) is -3.33. The predicted molar refractivity (Wildman–Crippen MR) is 102 cm³/mol. The molecule has 1 aromatic carbocycles. The molecule has 1 aromatic rings. The molecule has 8 heteroatoms. The monoisotopic (exact) mass is 385 g/mol. The Bertz CT molecular complexity index is 846. The number of amides is 2. The molecule has 4 rings (SSSR count). The summed E-state index contributed by atoms with van der Waals surface area (Å²) in [6.07, 6.45) is 4.53. The van der Waals surface area contributed by atoms with Gasteiger partial charge >= 0.3 is 5.97 Å². The van der Waals surface area contributed by atoms with Gasteiger partial charge < -0.3 is 25.8 Å². The van der Waals surface area contributed by atoms with Gasteiger partial charge in [-0.15, -0.1) is 0 Å². The van der Waals surface area contributed by atoms with Crippen LogP contribution in [0.2, 0.25) is 0 Å². The number of fused-ring (bicyclic) bond motifs is 2. The number of allylic oxidation sites excluding steroid dienone is 2. The van der Waals surface area contributed by atoms with Gasteiger partial charge in [0.15, 0.2) is 0 Å². The van der Waals surface area contributed by atoms with Crippen molar-refractivity contribution in [1.29, 1.82) is 0 Å². The number of primary amides is 1. The average molecular weight is 385 g/mol. The SMILES string of the molecule is NC(=O)c1cc(NC(=O)C2C3C=CC(C3)C2C(=O)O)ccc1N1CCOCC1. The molecular weight excluding hydrogens is 362 g/mol. The number of nitrogens with zero attached hydrogens (tertiary/aromatic N) is 1. The fraction of sp³-hybridized carbons (Fsp3) is 0.450. The van der Waals surface area contributed by atoms with Gasteiger partial charge in [-0.25, -0.2) is 0 Å². The van der Waals surface area contributed by atoms with Crippen LogP contribution in [0.1, 0.15) is 16.8 Å². The van der Waals surface area contributed by atoms with Crippen LogP contribution in [0.25, 0.3) is 0 Å². The van der Waals surface area contributed by atoms with Crippen molar-refractivity contribution in [3.63, 3.8) is 0 Å². The number of ether oxygens (including phenoxy) is 1. The van der Waals surface area contributed by atoms with E-state index in [1.165, 1.54) is 0 Å². The molecule has 1 heterocycles. The molecule has 148 valence electrons. The summed E-state index contributed by atoms with van der Waals surface area (Å²) in [4.78, 5) is 38.5. The molecule has 3 aliphatic rings. The molecule has 28 heavy (non-hydrogen) atoms. The van der Waals surface area contributed by atoms with Crippen molar-refractivity contribution in [1.82, 2.24) is 0 Å². The van der Waals surface area contributed by atoms with Crippen LogP contribution in [0.15, 0.2) is 30.4 Å². The molecule has 1 aliphatic heterocycles. The van der Waals surface area contributed by atoms with Gasteiger partial charge in [0.05, 0.1) is 30.6 Å². The van der Waals surface area contributed by atoms with Crippen molar-refractivity contribution in [3.8, 4) is 0 Å². The Morgan fingerprint density at radius 2 is 1.79 bits per heavy atom.